The van der Waals surface area contributed by atoms with Crippen LogP contribution in [0, 0.1) is 25.7 Å². The van der Waals surface area contributed by atoms with Crippen LogP contribution in [0.1, 0.15) is 25.0 Å². The van der Waals surface area contributed by atoms with Gasteiger partial charge in [0.25, 0.3) is 0 Å². The van der Waals surface area contributed by atoms with Crippen LogP contribution in [-0.2, 0) is 9.59 Å². The van der Waals surface area contributed by atoms with E-state index in [1.165, 1.54) is 4.90 Å². The number of aryl methyl sites for hydroxylation is 2. The predicted molar refractivity (Wildman–Crippen MR) is 75.3 cm³/mol. The van der Waals surface area contributed by atoms with Gasteiger partial charge in [0.05, 0.1) is 0 Å². The molecule has 0 bridgehead atoms. The van der Waals surface area contributed by atoms with E-state index in [9.17, 15) is 14.7 Å². The van der Waals surface area contributed by atoms with Gasteiger partial charge in [-0.15, -0.1) is 0 Å². The molecule has 4 heteroatoms. The molecule has 1 atom stereocenters. The van der Waals surface area contributed by atoms with Crippen molar-refractivity contribution < 1.29 is 14.7 Å². The lowest BCUT2D eigenvalue weighted by Gasteiger charge is -2.25. The van der Waals surface area contributed by atoms with Crippen LogP contribution in [0.3, 0.4) is 0 Å². The number of anilines is 1. The van der Waals surface area contributed by atoms with Crippen molar-refractivity contribution in [3.05, 3.63) is 29.3 Å². The lowest BCUT2D eigenvalue weighted by Crippen LogP contribution is -2.40. The Balaban J connectivity index is 3.08. The van der Waals surface area contributed by atoms with Gasteiger partial charge in [-0.05, 0) is 31.4 Å². The molecule has 0 heterocycles. The van der Waals surface area contributed by atoms with E-state index in [1.807, 2.05) is 32.0 Å². The highest BCUT2D eigenvalue weighted by Gasteiger charge is 2.32. The second-order valence-corrected chi connectivity index (χ2v) is 5.25. The third kappa shape index (κ3) is 3.34. The minimum absolute atomic E-state index is 0.238. The van der Waals surface area contributed by atoms with E-state index in [2.05, 4.69) is 0 Å². The summed E-state index contributed by atoms with van der Waals surface area (Å²) in [5, 5.41) is 9.18. The van der Waals surface area contributed by atoms with Crippen molar-refractivity contribution in [3.63, 3.8) is 0 Å². The van der Waals surface area contributed by atoms with Gasteiger partial charge < -0.3 is 10.0 Å². The fourth-order valence-electron chi connectivity index (χ4n) is 2.19. The predicted octanol–water partition coefficient (Wildman–Crippen LogP) is 2.62. The molecule has 0 radical (unpaired) electrons. The number of hydrogen-bond donors (Lipinski definition) is 1. The van der Waals surface area contributed by atoms with E-state index in [4.69, 9.17) is 0 Å². The van der Waals surface area contributed by atoms with Crippen LogP contribution in [0.5, 0.6) is 0 Å². The monoisotopic (exact) mass is 263 g/mol. The molecule has 1 unspecified atom stereocenters. The summed E-state index contributed by atoms with van der Waals surface area (Å²) in [6.45, 7) is 7.38. The molecule has 4 nitrogen and oxygen atoms in total. The number of carboxylic acid groups (broad SMARTS) is 1. The highest BCUT2D eigenvalue weighted by Crippen LogP contribution is 2.23. The number of benzene rings is 1. The largest absolute Gasteiger partial charge is 0.481 e. The number of carboxylic acids is 1. The van der Waals surface area contributed by atoms with Crippen molar-refractivity contribution in [2.75, 3.05) is 11.9 Å². The van der Waals surface area contributed by atoms with Crippen molar-refractivity contribution in [2.24, 2.45) is 11.8 Å². The molecular weight excluding hydrogens is 242 g/mol. The Labute approximate surface area is 114 Å². The maximum atomic E-state index is 12.3. The number of aliphatic carboxylic acids is 1. The number of amides is 1. The Kier molecular flexibility index (Phi) is 4.70. The summed E-state index contributed by atoms with van der Waals surface area (Å²) in [6.07, 6.45) is 0. The molecular formula is C15H21NO3. The minimum Gasteiger partial charge on any atom is -0.481 e. The average molecular weight is 263 g/mol. The lowest BCUT2D eigenvalue weighted by molar-refractivity contribution is -0.147. The molecule has 0 aromatic heterocycles. The standard InChI is InChI=1S/C15H21NO3/c1-9(2)13(15(18)19)14(17)16(5)12-7-6-10(3)8-11(12)4/h6-9,13H,1-5H3,(H,18,19). The van der Waals surface area contributed by atoms with E-state index in [0.29, 0.717) is 0 Å². The number of hydrogen-bond acceptors (Lipinski definition) is 2. The molecule has 0 aliphatic rings. The quantitative estimate of drug-likeness (QED) is 0.849. The minimum atomic E-state index is -1.07. The summed E-state index contributed by atoms with van der Waals surface area (Å²) >= 11 is 0. The van der Waals surface area contributed by atoms with Gasteiger partial charge in [0.1, 0.15) is 5.92 Å². The van der Waals surface area contributed by atoms with Crippen molar-refractivity contribution >= 4 is 17.6 Å². The Morgan fingerprint density at radius 3 is 2.21 bits per heavy atom. The third-order valence-electron chi connectivity index (χ3n) is 3.24. The number of carbonyl (C=O) groups is 2. The molecule has 0 fully saturated rings. The zero-order valence-corrected chi connectivity index (χ0v) is 12.1. The van der Waals surface area contributed by atoms with Crippen LogP contribution < -0.4 is 4.90 Å². The van der Waals surface area contributed by atoms with Gasteiger partial charge in [0, 0.05) is 12.7 Å². The van der Waals surface area contributed by atoms with Crippen molar-refractivity contribution in [2.45, 2.75) is 27.7 Å². The number of carbonyl (C=O) groups excluding carboxylic acids is 1. The Morgan fingerprint density at radius 2 is 1.79 bits per heavy atom. The van der Waals surface area contributed by atoms with Crippen LogP contribution >= 0.6 is 0 Å². The van der Waals surface area contributed by atoms with Crippen LogP contribution in [0.4, 0.5) is 5.69 Å². The zero-order chi connectivity index (χ0) is 14.7. The molecule has 0 aliphatic heterocycles. The topological polar surface area (TPSA) is 57.6 Å². The van der Waals surface area contributed by atoms with E-state index < -0.39 is 11.9 Å². The second kappa shape index (κ2) is 5.87. The van der Waals surface area contributed by atoms with Gasteiger partial charge in [-0.1, -0.05) is 31.5 Å². The summed E-state index contributed by atoms with van der Waals surface area (Å²) < 4.78 is 0. The number of nitrogens with zero attached hydrogens (tertiary/aromatic N) is 1. The molecule has 104 valence electrons. The van der Waals surface area contributed by atoms with Crippen LogP contribution in [0.25, 0.3) is 0 Å². The van der Waals surface area contributed by atoms with Crippen molar-refractivity contribution in [1.82, 2.24) is 0 Å². The molecule has 0 saturated carbocycles. The summed E-state index contributed by atoms with van der Waals surface area (Å²) in [4.78, 5) is 25.0. The van der Waals surface area contributed by atoms with E-state index in [-0.39, 0.29) is 11.8 Å². The molecule has 1 rings (SSSR count). The van der Waals surface area contributed by atoms with E-state index >= 15 is 0 Å². The third-order valence-corrected chi connectivity index (χ3v) is 3.24. The smallest absolute Gasteiger partial charge is 0.316 e. The zero-order valence-electron chi connectivity index (χ0n) is 12.1. The summed E-state index contributed by atoms with van der Waals surface area (Å²) in [5.74, 6) is -2.70. The molecule has 1 aromatic carbocycles. The molecule has 19 heavy (non-hydrogen) atoms. The van der Waals surface area contributed by atoms with Gasteiger partial charge in [-0.3, -0.25) is 9.59 Å². The highest BCUT2D eigenvalue weighted by atomic mass is 16.4. The summed E-state index contributed by atoms with van der Waals surface area (Å²) in [5.41, 5.74) is 2.83. The molecule has 0 saturated heterocycles. The normalized spacial score (nSPS) is 12.3. The first kappa shape index (κ1) is 15.2. The van der Waals surface area contributed by atoms with Crippen molar-refractivity contribution in [3.8, 4) is 0 Å². The summed E-state index contributed by atoms with van der Waals surface area (Å²) in [6, 6.07) is 5.74. The van der Waals surface area contributed by atoms with E-state index in [1.54, 1.807) is 20.9 Å². The van der Waals surface area contributed by atoms with E-state index in [0.717, 1.165) is 16.8 Å². The second-order valence-electron chi connectivity index (χ2n) is 5.25. The Bertz CT molecular complexity index is 494. The average Bonchev–Trinajstić information content (AvgIpc) is 2.26. The Hall–Kier alpha value is -1.84. The van der Waals surface area contributed by atoms with Crippen LogP contribution in [-0.4, -0.2) is 24.0 Å². The van der Waals surface area contributed by atoms with Crippen molar-refractivity contribution in [1.29, 1.82) is 0 Å². The maximum absolute atomic E-state index is 12.3. The van der Waals surface area contributed by atoms with Crippen LogP contribution in [0.2, 0.25) is 0 Å². The SMILES string of the molecule is Cc1ccc(N(C)C(=O)C(C(=O)O)C(C)C)c(C)c1. The summed E-state index contributed by atoms with van der Waals surface area (Å²) in [7, 11) is 1.62. The first-order valence-corrected chi connectivity index (χ1v) is 6.33. The fourth-order valence-corrected chi connectivity index (χ4v) is 2.19. The molecule has 1 amide bonds. The van der Waals surface area contributed by atoms with Gasteiger partial charge in [0.15, 0.2) is 0 Å². The fraction of sp³-hybridized carbons (Fsp3) is 0.467. The first-order valence-electron chi connectivity index (χ1n) is 6.33. The molecule has 0 aliphatic carbocycles. The first-order chi connectivity index (χ1) is 8.75. The molecule has 1 aromatic rings. The van der Waals surface area contributed by atoms with Crippen LogP contribution in [0.15, 0.2) is 18.2 Å². The Morgan fingerprint density at radius 1 is 1.21 bits per heavy atom. The van der Waals surface area contributed by atoms with Gasteiger partial charge >= 0.3 is 5.97 Å². The lowest BCUT2D eigenvalue weighted by atomic mass is 9.94. The maximum Gasteiger partial charge on any atom is 0.316 e. The van der Waals surface area contributed by atoms with Gasteiger partial charge in [-0.25, -0.2) is 0 Å². The highest BCUT2D eigenvalue weighted by molar-refractivity contribution is 6.05. The molecule has 0 spiro atoms. The number of rotatable bonds is 4. The molecule has 1 N–H and O–H groups in total. The van der Waals surface area contributed by atoms with Gasteiger partial charge in [0.2, 0.25) is 5.91 Å². The van der Waals surface area contributed by atoms with Gasteiger partial charge in [-0.2, -0.15) is 0 Å².